The molecule has 1 unspecified atom stereocenters. The molecule has 1 fully saturated rings. The van der Waals surface area contributed by atoms with Crippen molar-refractivity contribution in [1.29, 1.82) is 0 Å². The molecule has 2 aromatic rings. The lowest BCUT2D eigenvalue weighted by Crippen LogP contribution is -2.38. The van der Waals surface area contributed by atoms with E-state index in [4.69, 9.17) is 9.15 Å². The largest absolute Gasteiger partial charge is 0.467 e. The minimum atomic E-state index is 0.482. The first-order valence-corrected chi connectivity index (χ1v) is 9.40. The van der Waals surface area contributed by atoms with Crippen LogP contribution in [0.4, 0.5) is 5.95 Å². The predicted molar refractivity (Wildman–Crippen MR) is 93.5 cm³/mol. The second-order valence-electron chi connectivity index (χ2n) is 6.06. The molecule has 1 aliphatic heterocycles. The molecule has 4 rings (SSSR count). The average molecular weight is 346 g/mol. The van der Waals surface area contributed by atoms with Crippen molar-refractivity contribution in [3.63, 3.8) is 0 Å². The third-order valence-electron chi connectivity index (χ3n) is 4.35. The predicted octanol–water partition coefficient (Wildman–Crippen LogP) is 2.96. The SMILES string of the molecule is C1=CC(Sc2nnc(N3CCOCC3)n2Cc2ccco2)CCC1. The Kier molecular flexibility index (Phi) is 4.89. The third-order valence-corrected chi connectivity index (χ3v) is 5.56. The fourth-order valence-corrected chi connectivity index (χ4v) is 4.18. The number of hydrogen-bond donors (Lipinski definition) is 0. The Morgan fingerprint density at radius 2 is 2.17 bits per heavy atom. The highest BCUT2D eigenvalue weighted by molar-refractivity contribution is 7.99. The van der Waals surface area contributed by atoms with E-state index in [9.17, 15) is 0 Å². The van der Waals surface area contributed by atoms with Crippen LogP contribution in [0.2, 0.25) is 0 Å². The minimum Gasteiger partial charge on any atom is -0.467 e. The summed E-state index contributed by atoms with van der Waals surface area (Å²) in [7, 11) is 0. The number of furan rings is 1. The maximum absolute atomic E-state index is 5.55. The molecular weight excluding hydrogens is 324 g/mol. The van der Waals surface area contributed by atoms with Crippen molar-refractivity contribution in [2.24, 2.45) is 0 Å². The number of rotatable bonds is 5. The third kappa shape index (κ3) is 3.52. The van der Waals surface area contributed by atoms with Gasteiger partial charge >= 0.3 is 0 Å². The Labute approximate surface area is 145 Å². The molecule has 0 N–H and O–H groups in total. The van der Waals surface area contributed by atoms with E-state index in [0.717, 1.165) is 43.2 Å². The van der Waals surface area contributed by atoms with E-state index < -0.39 is 0 Å². The molecule has 2 aromatic heterocycles. The molecule has 24 heavy (non-hydrogen) atoms. The van der Waals surface area contributed by atoms with Crippen LogP contribution < -0.4 is 4.90 Å². The Morgan fingerprint density at radius 1 is 1.25 bits per heavy atom. The van der Waals surface area contributed by atoms with Crippen molar-refractivity contribution < 1.29 is 9.15 Å². The van der Waals surface area contributed by atoms with Crippen LogP contribution in [0.15, 0.2) is 40.1 Å². The first-order valence-electron chi connectivity index (χ1n) is 8.52. The van der Waals surface area contributed by atoms with Gasteiger partial charge < -0.3 is 14.1 Å². The summed E-state index contributed by atoms with van der Waals surface area (Å²) in [5, 5.41) is 10.4. The molecule has 0 saturated carbocycles. The molecule has 1 aliphatic carbocycles. The van der Waals surface area contributed by atoms with Gasteiger partial charge in [0.15, 0.2) is 5.16 Å². The Hall–Kier alpha value is -1.73. The minimum absolute atomic E-state index is 0.482. The summed E-state index contributed by atoms with van der Waals surface area (Å²) >= 11 is 1.80. The Morgan fingerprint density at radius 3 is 2.92 bits per heavy atom. The molecule has 0 amide bonds. The monoisotopic (exact) mass is 346 g/mol. The molecule has 6 nitrogen and oxygen atoms in total. The van der Waals surface area contributed by atoms with Crippen molar-refractivity contribution in [2.75, 3.05) is 31.2 Å². The number of hydrogen-bond acceptors (Lipinski definition) is 6. The van der Waals surface area contributed by atoms with Gasteiger partial charge in [-0.15, -0.1) is 10.2 Å². The van der Waals surface area contributed by atoms with Gasteiger partial charge in [0, 0.05) is 18.3 Å². The van der Waals surface area contributed by atoms with Gasteiger partial charge in [-0.2, -0.15) is 0 Å². The van der Waals surface area contributed by atoms with Crippen molar-refractivity contribution in [3.05, 3.63) is 36.3 Å². The van der Waals surface area contributed by atoms with E-state index in [1.165, 1.54) is 19.3 Å². The lowest BCUT2D eigenvalue weighted by molar-refractivity contribution is 0.121. The van der Waals surface area contributed by atoms with Crippen LogP contribution in [-0.4, -0.2) is 46.3 Å². The van der Waals surface area contributed by atoms with Crippen LogP contribution in [0.1, 0.15) is 25.0 Å². The molecule has 128 valence electrons. The van der Waals surface area contributed by atoms with Gasteiger partial charge in [-0.25, -0.2) is 0 Å². The topological polar surface area (TPSA) is 56.3 Å². The van der Waals surface area contributed by atoms with Crippen LogP contribution in [0.25, 0.3) is 0 Å². The van der Waals surface area contributed by atoms with E-state index in [1.807, 2.05) is 12.1 Å². The van der Waals surface area contributed by atoms with Crippen molar-refractivity contribution in [2.45, 2.75) is 36.2 Å². The van der Waals surface area contributed by atoms with E-state index >= 15 is 0 Å². The molecule has 0 spiro atoms. The molecule has 0 aromatic carbocycles. The maximum atomic E-state index is 5.55. The molecule has 7 heteroatoms. The average Bonchev–Trinajstić information content (AvgIpc) is 3.28. The van der Waals surface area contributed by atoms with E-state index in [0.29, 0.717) is 11.8 Å². The van der Waals surface area contributed by atoms with Gasteiger partial charge in [0.2, 0.25) is 5.95 Å². The number of morpholine rings is 1. The number of aromatic nitrogens is 3. The molecule has 1 saturated heterocycles. The van der Waals surface area contributed by atoms with Gasteiger partial charge in [-0.05, 0) is 31.4 Å². The maximum Gasteiger partial charge on any atom is 0.228 e. The van der Waals surface area contributed by atoms with Gasteiger partial charge in [0.25, 0.3) is 0 Å². The van der Waals surface area contributed by atoms with Crippen LogP contribution in [-0.2, 0) is 11.3 Å². The highest BCUT2D eigenvalue weighted by atomic mass is 32.2. The van der Waals surface area contributed by atoms with Gasteiger partial charge in [0.1, 0.15) is 5.76 Å². The molecule has 0 radical (unpaired) electrons. The Bertz CT molecular complexity index is 677. The molecular formula is C17H22N4O2S. The first-order chi connectivity index (χ1) is 11.9. The summed E-state index contributed by atoms with van der Waals surface area (Å²) in [6.07, 6.45) is 9.92. The smallest absolute Gasteiger partial charge is 0.228 e. The number of ether oxygens (including phenoxy) is 1. The lowest BCUT2D eigenvalue weighted by atomic mass is 10.1. The molecule has 2 aliphatic rings. The summed E-state index contributed by atoms with van der Waals surface area (Å²) in [5.74, 6) is 1.84. The number of nitrogens with zero attached hydrogens (tertiary/aromatic N) is 4. The van der Waals surface area contributed by atoms with Crippen LogP contribution in [0.5, 0.6) is 0 Å². The highest BCUT2D eigenvalue weighted by Crippen LogP contribution is 2.31. The van der Waals surface area contributed by atoms with Gasteiger partial charge in [0.05, 0.1) is 26.0 Å². The highest BCUT2D eigenvalue weighted by Gasteiger charge is 2.23. The number of anilines is 1. The summed E-state index contributed by atoms with van der Waals surface area (Å²) < 4.78 is 13.2. The van der Waals surface area contributed by atoms with Gasteiger partial charge in [-0.3, -0.25) is 4.57 Å². The van der Waals surface area contributed by atoms with E-state index in [-0.39, 0.29) is 0 Å². The van der Waals surface area contributed by atoms with Crippen LogP contribution in [0, 0.1) is 0 Å². The summed E-state index contributed by atoms with van der Waals surface area (Å²) in [4.78, 5) is 2.25. The summed E-state index contributed by atoms with van der Waals surface area (Å²) in [6.45, 7) is 3.84. The van der Waals surface area contributed by atoms with Gasteiger partial charge in [-0.1, -0.05) is 23.9 Å². The normalized spacial score (nSPS) is 21.3. The van der Waals surface area contributed by atoms with Crippen LogP contribution >= 0.6 is 11.8 Å². The first kappa shape index (κ1) is 15.8. The van der Waals surface area contributed by atoms with Crippen molar-refractivity contribution in [3.8, 4) is 0 Å². The second kappa shape index (κ2) is 7.44. The fraction of sp³-hybridized carbons (Fsp3) is 0.529. The van der Waals surface area contributed by atoms with Crippen molar-refractivity contribution in [1.82, 2.24) is 14.8 Å². The number of allylic oxidation sites excluding steroid dienone is 1. The lowest BCUT2D eigenvalue weighted by Gasteiger charge is -2.28. The zero-order valence-electron chi connectivity index (χ0n) is 13.6. The summed E-state index contributed by atoms with van der Waals surface area (Å²) in [6, 6.07) is 3.92. The Balaban J connectivity index is 1.60. The molecule has 0 bridgehead atoms. The zero-order chi connectivity index (χ0) is 16.2. The van der Waals surface area contributed by atoms with E-state index in [1.54, 1.807) is 18.0 Å². The summed E-state index contributed by atoms with van der Waals surface area (Å²) in [5.41, 5.74) is 0. The zero-order valence-corrected chi connectivity index (χ0v) is 14.5. The van der Waals surface area contributed by atoms with Crippen molar-refractivity contribution >= 4 is 17.7 Å². The van der Waals surface area contributed by atoms with Crippen LogP contribution in [0.3, 0.4) is 0 Å². The fourth-order valence-electron chi connectivity index (χ4n) is 3.08. The number of thioether (sulfide) groups is 1. The molecule has 3 heterocycles. The standard InChI is InChI=1S/C17H22N4O2S/c1-2-6-15(7-3-1)24-17-19-18-16(20-8-11-22-12-9-20)21(17)13-14-5-4-10-23-14/h2,4-6,10,15H,1,3,7-9,11-13H2. The second-order valence-corrected chi connectivity index (χ2v) is 7.27. The quantitative estimate of drug-likeness (QED) is 0.776. The van der Waals surface area contributed by atoms with E-state index in [2.05, 4.69) is 31.8 Å². The molecule has 1 atom stereocenters.